The van der Waals surface area contributed by atoms with E-state index >= 15 is 0 Å². The average molecular weight is 450 g/mol. The van der Waals surface area contributed by atoms with Crippen molar-refractivity contribution in [2.45, 2.75) is 97.4 Å². The summed E-state index contributed by atoms with van der Waals surface area (Å²) in [7, 11) is -10.7. The molecule has 0 aliphatic heterocycles. The van der Waals surface area contributed by atoms with Crippen LogP contribution in [-0.4, -0.2) is 0 Å². The van der Waals surface area contributed by atoms with Crippen molar-refractivity contribution >= 4 is 7.81 Å². The summed E-state index contributed by atoms with van der Waals surface area (Å²) in [4.78, 5) is 0. The van der Waals surface area contributed by atoms with Gasteiger partial charge in [-0.05, 0) is 12.3 Å². The van der Waals surface area contributed by atoms with E-state index in [0.717, 1.165) is 5.92 Å². The number of hydrogen-bond donors (Lipinski definition) is 0. The summed E-state index contributed by atoms with van der Waals surface area (Å²) in [5.41, 5.74) is 0. The standard InChI is InChI=1S/C21H38N.F6P/c1-3-4-5-6-7-8-9-10-12-16-21(2)17-15-20-22-18-13-11-14-19-22;1-7(2,3,4,5)6/h11,13-14,18-19,21H,3-10,12,15-17,20H2,1-2H3;/q+1;-1/t21-;/m0./s1. The second-order valence-corrected chi connectivity index (χ2v) is 9.85. The molecule has 0 radical (unpaired) electrons. The van der Waals surface area contributed by atoms with Gasteiger partial charge in [-0.3, -0.25) is 0 Å². The first-order valence-corrected chi connectivity index (χ1v) is 12.8. The molecule has 0 saturated heterocycles. The molecule has 29 heavy (non-hydrogen) atoms. The predicted molar refractivity (Wildman–Crippen MR) is 110 cm³/mol. The van der Waals surface area contributed by atoms with Crippen molar-refractivity contribution in [3.05, 3.63) is 30.6 Å². The molecule has 0 saturated carbocycles. The van der Waals surface area contributed by atoms with Gasteiger partial charge in [-0.1, -0.05) is 84.1 Å². The second kappa shape index (κ2) is 12.8. The Kier molecular flexibility index (Phi) is 12.4. The van der Waals surface area contributed by atoms with E-state index in [4.69, 9.17) is 0 Å². The van der Waals surface area contributed by atoms with Crippen molar-refractivity contribution in [1.82, 2.24) is 0 Å². The number of pyridine rings is 1. The number of unbranched alkanes of at least 4 members (excludes halogenated alkanes) is 8. The first kappa shape index (κ1) is 28.2. The summed E-state index contributed by atoms with van der Waals surface area (Å²) >= 11 is 0. The van der Waals surface area contributed by atoms with E-state index in [1.165, 1.54) is 83.6 Å². The van der Waals surface area contributed by atoms with E-state index in [1.54, 1.807) is 0 Å². The van der Waals surface area contributed by atoms with Crippen LogP contribution < -0.4 is 4.57 Å². The minimum absolute atomic E-state index is 0.897. The molecule has 1 nitrogen and oxygen atoms in total. The van der Waals surface area contributed by atoms with Gasteiger partial charge in [0.15, 0.2) is 12.4 Å². The van der Waals surface area contributed by atoms with Gasteiger partial charge in [-0.2, -0.15) is 0 Å². The van der Waals surface area contributed by atoms with Crippen LogP contribution in [0.15, 0.2) is 30.6 Å². The summed E-state index contributed by atoms with van der Waals surface area (Å²) in [5.74, 6) is 0.897. The van der Waals surface area contributed by atoms with Crippen LogP contribution >= 0.6 is 7.81 Å². The molecular weight excluding hydrogens is 411 g/mol. The second-order valence-electron chi connectivity index (χ2n) is 7.94. The van der Waals surface area contributed by atoms with Gasteiger partial charge in [0, 0.05) is 18.6 Å². The number of hydrogen-bond acceptors (Lipinski definition) is 0. The molecule has 0 bridgehead atoms. The van der Waals surface area contributed by atoms with Crippen LogP contribution in [0.1, 0.15) is 90.9 Å². The quantitative estimate of drug-likeness (QED) is 0.115. The van der Waals surface area contributed by atoms with Gasteiger partial charge in [0.1, 0.15) is 6.54 Å². The Balaban J connectivity index is 0.000000956. The molecule has 0 aromatic carbocycles. The van der Waals surface area contributed by atoms with Crippen molar-refractivity contribution in [1.29, 1.82) is 0 Å². The third-order valence-electron chi connectivity index (χ3n) is 4.69. The maximum absolute atomic E-state index is 10.7. The number of aromatic nitrogens is 1. The molecule has 1 aromatic heterocycles. The molecule has 0 spiro atoms. The van der Waals surface area contributed by atoms with Gasteiger partial charge in [0.05, 0.1) is 0 Å². The van der Waals surface area contributed by atoms with Crippen molar-refractivity contribution < 1.29 is 29.7 Å². The molecule has 174 valence electrons. The van der Waals surface area contributed by atoms with Gasteiger partial charge in [0.25, 0.3) is 0 Å². The van der Waals surface area contributed by atoms with E-state index < -0.39 is 7.81 Å². The topological polar surface area (TPSA) is 3.88 Å². The first-order valence-electron chi connectivity index (χ1n) is 10.8. The summed E-state index contributed by atoms with van der Waals surface area (Å²) < 4.78 is 61.5. The Hall–Kier alpha value is -0.840. The Morgan fingerprint density at radius 2 is 1.07 bits per heavy atom. The number of aryl methyl sites for hydroxylation is 1. The zero-order valence-corrected chi connectivity index (χ0v) is 18.7. The van der Waals surface area contributed by atoms with Crippen LogP contribution in [0.25, 0.3) is 0 Å². The van der Waals surface area contributed by atoms with Crippen LogP contribution in [0.5, 0.6) is 0 Å². The van der Waals surface area contributed by atoms with Gasteiger partial charge in [-0.15, -0.1) is 0 Å². The van der Waals surface area contributed by atoms with Crippen LogP contribution in [0, 0.1) is 5.92 Å². The Labute approximate surface area is 172 Å². The third-order valence-corrected chi connectivity index (χ3v) is 4.69. The molecule has 1 heterocycles. The van der Waals surface area contributed by atoms with Gasteiger partial charge >= 0.3 is 33.0 Å². The van der Waals surface area contributed by atoms with Crippen LogP contribution in [0.2, 0.25) is 0 Å². The Bertz CT molecular complexity index is 507. The molecule has 0 fully saturated rings. The summed E-state index contributed by atoms with van der Waals surface area (Å²) in [5, 5.41) is 0. The maximum atomic E-state index is 9.87. The summed E-state index contributed by atoms with van der Waals surface area (Å²) in [6.07, 6.45) is 21.4. The number of rotatable bonds is 14. The zero-order valence-electron chi connectivity index (χ0n) is 17.8. The molecule has 1 atom stereocenters. The van der Waals surface area contributed by atoms with Crippen molar-refractivity contribution in [2.75, 3.05) is 0 Å². The zero-order chi connectivity index (χ0) is 22.3. The number of nitrogens with zero attached hydrogens (tertiary/aromatic N) is 1. The molecule has 0 unspecified atom stereocenters. The molecule has 1 aromatic rings. The fourth-order valence-electron chi connectivity index (χ4n) is 3.15. The van der Waals surface area contributed by atoms with Gasteiger partial charge in [0.2, 0.25) is 0 Å². The van der Waals surface area contributed by atoms with E-state index in [1.807, 2.05) is 0 Å². The molecule has 0 aliphatic rings. The van der Waals surface area contributed by atoms with Crippen molar-refractivity contribution in [2.24, 2.45) is 5.92 Å². The fraction of sp³-hybridized carbons (Fsp3) is 0.762. The SMILES string of the molecule is CCCCCCCCCCC[C@H](C)CCC[n+]1ccccc1.F[P-](F)(F)(F)(F)F. The molecule has 0 amide bonds. The fourth-order valence-corrected chi connectivity index (χ4v) is 3.15. The summed E-state index contributed by atoms with van der Waals surface area (Å²) in [6, 6.07) is 6.32. The Morgan fingerprint density at radius 1 is 0.655 bits per heavy atom. The summed E-state index contributed by atoms with van der Waals surface area (Å²) in [6.45, 7) is 5.89. The van der Waals surface area contributed by atoms with E-state index in [0.29, 0.717) is 0 Å². The van der Waals surface area contributed by atoms with Gasteiger partial charge < -0.3 is 0 Å². The molecule has 8 heteroatoms. The average Bonchev–Trinajstić information content (AvgIpc) is 2.58. The van der Waals surface area contributed by atoms with E-state index in [-0.39, 0.29) is 0 Å². The van der Waals surface area contributed by atoms with Crippen LogP contribution in [0.4, 0.5) is 25.2 Å². The molecule has 0 N–H and O–H groups in total. The van der Waals surface area contributed by atoms with Crippen molar-refractivity contribution in [3.63, 3.8) is 0 Å². The monoisotopic (exact) mass is 449 g/mol. The van der Waals surface area contributed by atoms with Crippen LogP contribution in [0.3, 0.4) is 0 Å². The third kappa shape index (κ3) is 29.5. The normalized spacial score (nSPS) is 15.0. The molecule has 1 rings (SSSR count). The van der Waals surface area contributed by atoms with Crippen molar-refractivity contribution in [3.8, 4) is 0 Å². The van der Waals surface area contributed by atoms with Crippen LogP contribution in [-0.2, 0) is 6.54 Å². The minimum atomic E-state index is -10.7. The number of halogens is 6. The predicted octanol–water partition coefficient (Wildman–Crippen LogP) is 9.69. The molecular formula is C21H38F6NP. The molecule has 0 aliphatic carbocycles. The van der Waals surface area contributed by atoms with E-state index in [9.17, 15) is 25.2 Å². The van der Waals surface area contributed by atoms with E-state index in [2.05, 4.69) is 49.0 Å². The Morgan fingerprint density at radius 3 is 1.55 bits per heavy atom. The first-order chi connectivity index (χ1) is 13.3. The van der Waals surface area contributed by atoms with Gasteiger partial charge in [-0.25, -0.2) is 4.57 Å².